The number of ether oxygens (including phenoxy) is 1. The van der Waals surface area contributed by atoms with Crippen LogP contribution in [0, 0.1) is 6.92 Å². The van der Waals surface area contributed by atoms with Gasteiger partial charge in [-0.2, -0.15) is 0 Å². The van der Waals surface area contributed by atoms with Crippen molar-refractivity contribution in [1.29, 1.82) is 0 Å². The summed E-state index contributed by atoms with van der Waals surface area (Å²) in [7, 11) is -3.77. The van der Waals surface area contributed by atoms with Gasteiger partial charge in [0.25, 0.3) is 0 Å². The average Bonchev–Trinajstić information content (AvgIpc) is 2.69. The Kier molecular flexibility index (Phi) is 6.08. The van der Waals surface area contributed by atoms with Gasteiger partial charge in [0, 0.05) is 0 Å². The van der Waals surface area contributed by atoms with Gasteiger partial charge in [-0.3, -0.25) is 4.79 Å². The van der Waals surface area contributed by atoms with Gasteiger partial charge in [-0.1, -0.05) is 42.5 Å². The predicted molar refractivity (Wildman–Crippen MR) is 108 cm³/mol. The van der Waals surface area contributed by atoms with Gasteiger partial charge < -0.3 is 10.1 Å². The van der Waals surface area contributed by atoms with Crippen LogP contribution in [0.15, 0.2) is 83.8 Å². The van der Waals surface area contributed by atoms with Crippen molar-refractivity contribution in [3.63, 3.8) is 0 Å². The van der Waals surface area contributed by atoms with E-state index in [1.165, 1.54) is 6.07 Å². The second-order valence-corrected chi connectivity index (χ2v) is 7.87. The van der Waals surface area contributed by atoms with E-state index in [4.69, 9.17) is 4.74 Å². The van der Waals surface area contributed by atoms with Gasteiger partial charge in [0.15, 0.2) is 5.75 Å². The molecule has 0 heterocycles. The topological polar surface area (TPSA) is 84.5 Å². The number of aryl methyl sites for hydroxylation is 1. The van der Waals surface area contributed by atoms with Crippen LogP contribution in [0.1, 0.15) is 5.56 Å². The molecule has 3 aromatic rings. The lowest BCUT2D eigenvalue weighted by molar-refractivity contribution is -0.115. The van der Waals surface area contributed by atoms with Crippen molar-refractivity contribution < 1.29 is 17.9 Å². The van der Waals surface area contributed by atoms with Crippen molar-refractivity contribution in [1.82, 2.24) is 4.72 Å². The van der Waals surface area contributed by atoms with Gasteiger partial charge in [-0.05, 0) is 48.9 Å². The van der Waals surface area contributed by atoms with E-state index in [0.29, 0.717) is 17.2 Å². The lowest BCUT2D eigenvalue weighted by Crippen LogP contribution is -2.33. The first-order chi connectivity index (χ1) is 13.4. The fourth-order valence-electron chi connectivity index (χ4n) is 2.50. The van der Waals surface area contributed by atoms with Gasteiger partial charge >= 0.3 is 0 Å². The minimum absolute atomic E-state index is 0.119. The fraction of sp³-hybridized carbons (Fsp3) is 0.0952. The Morgan fingerprint density at radius 2 is 1.64 bits per heavy atom. The molecule has 1 amide bonds. The van der Waals surface area contributed by atoms with Gasteiger partial charge in [-0.15, -0.1) is 0 Å². The van der Waals surface area contributed by atoms with Crippen LogP contribution >= 0.6 is 0 Å². The summed E-state index contributed by atoms with van der Waals surface area (Å²) in [5.41, 5.74) is 1.27. The third kappa shape index (κ3) is 5.18. The Bertz CT molecular complexity index is 1070. The molecule has 28 heavy (non-hydrogen) atoms. The highest BCUT2D eigenvalue weighted by molar-refractivity contribution is 7.89. The summed E-state index contributed by atoms with van der Waals surface area (Å²) in [6, 6.07) is 22.6. The van der Waals surface area contributed by atoms with Crippen LogP contribution in [-0.4, -0.2) is 20.9 Å². The largest absolute Gasteiger partial charge is 0.455 e. The van der Waals surface area contributed by atoms with Crippen molar-refractivity contribution in [2.75, 3.05) is 11.9 Å². The number of para-hydroxylation sites is 3. The van der Waals surface area contributed by atoms with Crippen molar-refractivity contribution >= 4 is 21.6 Å². The van der Waals surface area contributed by atoms with Crippen LogP contribution in [0.4, 0.5) is 5.69 Å². The maximum absolute atomic E-state index is 12.3. The number of benzene rings is 3. The van der Waals surface area contributed by atoms with Crippen LogP contribution in [0.25, 0.3) is 0 Å². The zero-order valence-corrected chi connectivity index (χ0v) is 16.1. The van der Waals surface area contributed by atoms with E-state index in [2.05, 4.69) is 10.0 Å². The fourth-order valence-corrected chi connectivity index (χ4v) is 3.58. The Balaban J connectivity index is 1.65. The van der Waals surface area contributed by atoms with E-state index in [1.54, 1.807) is 61.5 Å². The van der Waals surface area contributed by atoms with E-state index >= 15 is 0 Å². The summed E-state index contributed by atoms with van der Waals surface area (Å²) in [4.78, 5) is 12.4. The number of anilines is 1. The van der Waals surface area contributed by atoms with E-state index in [0.717, 1.165) is 5.56 Å². The Morgan fingerprint density at radius 3 is 2.39 bits per heavy atom. The normalized spacial score (nSPS) is 11.0. The molecule has 7 heteroatoms. The first-order valence-electron chi connectivity index (χ1n) is 8.62. The Morgan fingerprint density at radius 1 is 0.929 bits per heavy atom. The van der Waals surface area contributed by atoms with Crippen LogP contribution in [0.2, 0.25) is 0 Å². The maximum Gasteiger partial charge on any atom is 0.241 e. The third-order valence-corrected chi connectivity index (χ3v) is 5.25. The predicted octanol–water partition coefficient (Wildman–Crippen LogP) is 3.70. The third-order valence-electron chi connectivity index (χ3n) is 3.85. The van der Waals surface area contributed by atoms with Crippen LogP contribution in [0.5, 0.6) is 11.5 Å². The minimum Gasteiger partial charge on any atom is -0.455 e. The highest BCUT2D eigenvalue weighted by Gasteiger charge is 2.16. The molecule has 144 valence electrons. The average molecular weight is 396 g/mol. The van der Waals surface area contributed by atoms with Crippen LogP contribution < -0.4 is 14.8 Å². The first-order valence-corrected chi connectivity index (χ1v) is 10.1. The number of carbonyl (C=O) groups is 1. The zero-order chi connectivity index (χ0) is 20.0. The molecule has 0 bridgehead atoms. The van der Waals surface area contributed by atoms with Crippen molar-refractivity contribution in [3.05, 3.63) is 84.4 Å². The maximum atomic E-state index is 12.3. The first kappa shape index (κ1) is 19.6. The number of amides is 1. The zero-order valence-electron chi connectivity index (χ0n) is 15.3. The second kappa shape index (κ2) is 8.69. The SMILES string of the molecule is Cc1cccc(S(=O)(=O)NCC(=O)Nc2ccccc2Oc2ccccc2)c1. The summed E-state index contributed by atoms with van der Waals surface area (Å²) in [5, 5.41) is 2.68. The highest BCUT2D eigenvalue weighted by atomic mass is 32.2. The molecular weight excluding hydrogens is 376 g/mol. The molecule has 3 rings (SSSR count). The van der Waals surface area contributed by atoms with Gasteiger partial charge in [0.05, 0.1) is 17.1 Å². The van der Waals surface area contributed by atoms with Gasteiger partial charge in [-0.25, -0.2) is 13.1 Å². The summed E-state index contributed by atoms with van der Waals surface area (Å²) in [5.74, 6) is 0.591. The van der Waals surface area contributed by atoms with Crippen molar-refractivity contribution in [3.8, 4) is 11.5 Å². The summed E-state index contributed by atoms with van der Waals surface area (Å²) in [6.07, 6.45) is 0. The smallest absolute Gasteiger partial charge is 0.241 e. The van der Waals surface area contributed by atoms with Crippen LogP contribution in [-0.2, 0) is 14.8 Å². The molecule has 0 unspecified atom stereocenters. The Labute approximate surface area is 164 Å². The molecule has 6 nitrogen and oxygen atoms in total. The lowest BCUT2D eigenvalue weighted by atomic mass is 10.2. The van der Waals surface area contributed by atoms with E-state index in [1.807, 2.05) is 18.2 Å². The molecule has 0 aromatic heterocycles. The number of sulfonamides is 1. The molecule has 0 spiro atoms. The molecular formula is C21H20N2O4S. The molecule has 2 N–H and O–H groups in total. The second-order valence-electron chi connectivity index (χ2n) is 6.10. The molecule has 0 radical (unpaired) electrons. The standard InChI is InChI=1S/C21H20N2O4S/c1-16-8-7-11-18(14-16)28(25,26)22-15-21(24)23-19-12-5-6-13-20(19)27-17-9-3-2-4-10-17/h2-14,22H,15H2,1H3,(H,23,24). The van der Waals surface area contributed by atoms with E-state index in [-0.39, 0.29) is 4.90 Å². The lowest BCUT2D eigenvalue weighted by Gasteiger charge is -2.12. The molecule has 0 aliphatic carbocycles. The number of rotatable bonds is 7. The monoisotopic (exact) mass is 396 g/mol. The van der Waals surface area contributed by atoms with E-state index < -0.39 is 22.5 Å². The van der Waals surface area contributed by atoms with Crippen molar-refractivity contribution in [2.45, 2.75) is 11.8 Å². The van der Waals surface area contributed by atoms with Gasteiger partial charge in [0.1, 0.15) is 5.75 Å². The number of hydrogen-bond donors (Lipinski definition) is 2. The molecule has 0 fully saturated rings. The highest BCUT2D eigenvalue weighted by Crippen LogP contribution is 2.28. The molecule has 0 saturated heterocycles. The minimum atomic E-state index is -3.77. The molecule has 0 aliphatic heterocycles. The number of hydrogen-bond acceptors (Lipinski definition) is 4. The summed E-state index contributed by atoms with van der Waals surface area (Å²) < 4.78 is 32.8. The quantitative estimate of drug-likeness (QED) is 0.638. The summed E-state index contributed by atoms with van der Waals surface area (Å²) in [6.45, 7) is 1.41. The summed E-state index contributed by atoms with van der Waals surface area (Å²) >= 11 is 0. The van der Waals surface area contributed by atoms with Crippen molar-refractivity contribution in [2.24, 2.45) is 0 Å². The molecule has 0 aliphatic rings. The van der Waals surface area contributed by atoms with E-state index in [9.17, 15) is 13.2 Å². The van der Waals surface area contributed by atoms with Gasteiger partial charge in [0.2, 0.25) is 15.9 Å². The molecule has 3 aromatic carbocycles. The molecule has 0 saturated carbocycles. The molecule has 0 atom stereocenters. The Hall–Kier alpha value is -3.16. The number of carbonyl (C=O) groups excluding carboxylic acids is 1. The van der Waals surface area contributed by atoms with Crippen LogP contribution in [0.3, 0.4) is 0 Å². The number of nitrogens with one attached hydrogen (secondary N) is 2.